The summed E-state index contributed by atoms with van der Waals surface area (Å²) < 4.78 is 0. The molecule has 1 aliphatic rings. The summed E-state index contributed by atoms with van der Waals surface area (Å²) in [6.07, 6.45) is 3.50. The molecule has 5 rings (SSSR count). The van der Waals surface area contributed by atoms with Gasteiger partial charge in [-0.3, -0.25) is 0 Å². The van der Waals surface area contributed by atoms with E-state index in [0.29, 0.717) is 0 Å². The molecule has 0 amide bonds. The van der Waals surface area contributed by atoms with Crippen LogP contribution in [0.3, 0.4) is 0 Å². The molecule has 0 saturated carbocycles. The Morgan fingerprint density at radius 3 is 1.21 bits per heavy atom. The first kappa shape index (κ1) is 24.0. The summed E-state index contributed by atoms with van der Waals surface area (Å²) >= 11 is 0. The van der Waals surface area contributed by atoms with Crippen molar-refractivity contribution >= 4 is 0 Å². The predicted octanol–water partition coefficient (Wildman–Crippen LogP) is 9.05. The van der Waals surface area contributed by atoms with Crippen molar-refractivity contribution in [2.75, 3.05) is 0 Å². The minimum Gasteiger partial charge on any atom is -0.103 e. The Morgan fingerprint density at radius 1 is 0.545 bits per heavy atom. The van der Waals surface area contributed by atoms with Crippen molar-refractivity contribution in [2.45, 2.75) is 33.1 Å². The number of aryl methyl sites for hydroxylation is 2. The van der Waals surface area contributed by atoms with Gasteiger partial charge in [0.2, 0.25) is 0 Å². The number of hydrogen-bond donors (Lipinski definition) is 0. The first-order chi connectivity index (χ1) is 16.0. The number of fused-ring (bicyclic) bond motifs is 3. The Kier molecular flexibility index (Phi) is 7.85. The maximum atomic E-state index is 3.36. The smallest absolute Gasteiger partial charge is 0.0713 e. The van der Waals surface area contributed by atoms with Crippen molar-refractivity contribution in [2.24, 2.45) is 0 Å². The van der Waals surface area contributed by atoms with Crippen LogP contribution in [0.2, 0.25) is 0 Å². The SMILES string of the molecule is C=CC.C=CC.Cc1ccc2c(c1)C(c1ccccc1)(c1ccccc1)c1cc(C)ccc1-2. The van der Waals surface area contributed by atoms with E-state index in [-0.39, 0.29) is 5.41 Å². The molecule has 0 bridgehead atoms. The molecule has 33 heavy (non-hydrogen) atoms. The molecule has 0 radical (unpaired) electrons. The van der Waals surface area contributed by atoms with Gasteiger partial charge in [0.25, 0.3) is 0 Å². The zero-order valence-corrected chi connectivity index (χ0v) is 20.3. The van der Waals surface area contributed by atoms with Gasteiger partial charge in [0.15, 0.2) is 0 Å². The predicted molar refractivity (Wildman–Crippen MR) is 145 cm³/mol. The third-order valence-corrected chi connectivity index (χ3v) is 5.86. The van der Waals surface area contributed by atoms with Gasteiger partial charge in [0.05, 0.1) is 5.41 Å². The fourth-order valence-electron chi connectivity index (χ4n) is 4.72. The van der Waals surface area contributed by atoms with Gasteiger partial charge in [-0.2, -0.15) is 0 Å². The van der Waals surface area contributed by atoms with E-state index in [1.165, 1.54) is 44.5 Å². The number of benzene rings is 4. The van der Waals surface area contributed by atoms with E-state index in [2.05, 4.69) is 124 Å². The second-order valence-corrected chi connectivity index (χ2v) is 8.40. The van der Waals surface area contributed by atoms with Gasteiger partial charge in [-0.25, -0.2) is 0 Å². The molecule has 0 spiro atoms. The summed E-state index contributed by atoms with van der Waals surface area (Å²) in [5, 5.41) is 0. The fourth-order valence-corrected chi connectivity index (χ4v) is 4.72. The van der Waals surface area contributed by atoms with Gasteiger partial charge < -0.3 is 0 Å². The summed E-state index contributed by atoms with van der Waals surface area (Å²) in [7, 11) is 0. The fraction of sp³-hybridized carbons (Fsp3) is 0.152. The summed E-state index contributed by atoms with van der Waals surface area (Å²) in [4.78, 5) is 0. The monoisotopic (exact) mass is 430 g/mol. The van der Waals surface area contributed by atoms with E-state index >= 15 is 0 Å². The number of rotatable bonds is 2. The zero-order valence-electron chi connectivity index (χ0n) is 20.3. The zero-order chi connectivity index (χ0) is 23.8. The van der Waals surface area contributed by atoms with E-state index in [0.717, 1.165) is 0 Å². The van der Waals surface area contributed by atoms with Crippen molar-refractivity contribution in [1.82, 2.24) is 0 Å². The van der Waals surface area contributed by atoms with Gasteiger partial charge in [-0.05, 0) is 61.1 Å². The van der Waals surface area contributed by atoms with Crippen molar-refractivity contribution in [3.63, 3.8) is 0 Å². The van der Waals surface area contributed by atoms with E-state index in [4.69, 9.17) is 0 Å². The van der Waals surface area contributed by atoms with Crippen LogP contribution in [0.15, 0.2) is 122 Å². The van der Waals surface area contributed by atoms with Gasteiger partial charge in [0.1, 0.15) is 0 Å². The molecular formula is C33H34. The Balaban J connectivity index is 0.000000464. The van der Waals surface area contributed by atoms with Crippen LogP contribution in [-0.2, 0) is 5.41 Å². The lowest BCUT2D eigenvalue weighted by Gasteiger charge is -2.34. The normalized spacial score (nSPS) is 12.1. The molecule has 0 heteroatoms. The molecule has 4 aromatic rings. The second kappa shape index (κ2) is 10.8. The van der Waals surface area contributed by atoms with Gasteiger partial charge in [0, 0.05) is 0 Å². The minimum absolute atomic E-state index is 0.273. The quantitative estimate of drug-likeness (QED) is 0.245. The van der Waals surface area contributed by atoms with Crippen molar-refractivity contribution < 1.29 is 0 Å². The van der Waals surface area contributed by atoms with Gasteiger partial charge in [-0.1, -0.05) is 120 Å². The molecule has 0 unspecified atom stereocenters. The average Bonchev–Trinajstić information content (AvgIpc) is 3.10. The summed E-state index contributed by atoms with van der Waals surface area (Å²) in [5.74, 6) is 0. The largest absolute Gasteiger partial charge is 0.103 e. The first-order valence-electron chi connectivity index (χ1n) is 11.5. The maximum Gasteiger partial charge on any atom is 0.0713 e. The average molecular weight is 431 g/mol. The summed E-state index contributed by atoms with van der Waals surface area (Å²) in [6.45, 7) is 14.9. The van der Waals surface area contributed by atoms with Gasteiger partial charge >= 0.3 is 0 Å². The highest BCUT2D eigenvalue weighted by Crippen LogP contribution is 2.56. The van der Waals surface area contributed by atoms with Gasteiger partial charge in [-0.15, -0.1) is 13.2 Å². The highest BCUT2D eigenvalue weighted by Gasteiger charge is 2.45. The lowest BCUT2D eigenvalue weighted by Crippen LogP contribution is -2.28. The Morgan fingerprint density at radius 2 is 0.879 bits per heavy atom. The van der Waals surface area contributed by atoms with Crippen molar-refractivity contribution in [3.05, 3.63) is 156 Å². The van der Waals surface area contributed by atoms with Crippen LogP contribution < -0.4 is 0 Å². The van der Waals surface area contributed by atoms with Crippen LogP contribution in [0.4, 0.5) is 0 Å². The Labute approximate surface area is 200 Å². The molecule has 166 valence electrons. The molecule has 0 aliphatic heterocycles. The van der Waals surface area contributed by atoms with Crippen LogP contribution in [0.25, 0.3) is 11.1 Å². The number of allylic oxidation sites excluding steroid dienone is 2. The molecular weight excluding hydrogens is 396 g/mol. The second-order valence-electron chi connectivity index (χ2n) is 8.40. The lowest BCUT2D eigenvalue weighted by molar-refractivity contribution is 0.766. The topological polar surface area (TPSA) is 0 Å². The van der Waals surface area contributed by atoms with Crippen molar-refractivity contribution in [3.8, 4) is 11.1 Å². The van der Waals surface area contributed by atoms with Crippen LogP contribution in [0.5, 0.6) is 0 Å². The molecule has 0 atom stereocenters. The molecule has 1 aliphatic carbocycles. The van der Waals surface area contributed by atoms with E-state index in [1.54, 1.807) is 12.2 Å². The molecule has 0 aromatic heterocycles. The van der Waals surface area contributed by atoms with E-state index in [1.807, 2.05) is 13.8 Å². The Bertz CT molecular complexity index is 1110. The van der Waals surface area contributed by atoms with Crippen LogP contribution >= 0.6 is 0 Å². The Hall–Kier alpha value is -3.64. The number of hydrogen-bond acceptors (Lipinski definition) is 0. The molecule has 0 N–H and O–H groups in total. The third kappa shape index (κ3) is 4.47. The molecule has 0 nitrogen and oxygen atoms in total. The standard InChI is InChI=1S/C27H22.2C3H6/c1-19-13-15-23-24-16-14-20(2)18-26(24)27(25(23)17-19,21-9-5-3-6-10-21)22-11-7-4-8-12-22;2*1-3-2/h3-18H,1-2H3;2*3H,1H2,2H3. The first-order valence-corrected chi connectivity index (χ1v) is 11.5. The maximum absolute atomic E-state index is 3.36. The highest BCUT2D eigenvalue weighted by atomic mass is 14.5. The minimum atomic E-state index is -0.273. The third-order valence-electron chi connectivity index (χ3n) is 5.86. The summed E-state index contributed by atoms with van der Waals surface area (Å²) in [6, 6.07) is 35.7. The summed E-state index contributed by atoms with van der Waals surface area (Å²) in [5.41, 5.74) is 10.5. The van der Waals surface area contributed by atoms with E-state index < -0.39 is 0 Å². The lowest BCUT2D eigenvalue weighted by atomic mass is 9.67. The van der Waals surface area contributed by atoms with Crippen LogP contribution in [-0.4, -0.2) is 0 Å². The van der Waals surface area contributed by atoms with Crippen LogP contribution in [0, 0.1) is 13.8 Å². The molecule has 0 heterocycles. The van der Waals surface area contributed by atoms with Crippen LogP contribution in [0.1, 0.15) is 47.2 Å². The van der Waals surface area contributed by atoms with E-state index in [9.17, 15) is 0 Å². The van der Waals surface area contributed by atoms with Crippen molar-refractivity contribution in [1.29, 1.82) is 0 Å². The highest BCUT2D eigenvalue weighted by molar-refractivity contribution is 5.86. The molecule has 0 saturated heterocycles. The molecule has 0 fully saturated rings. The molecule has 4 aromatic carbocycles.